The van der Waals surface area contributed by atoms with Crippen LogP contribution in [-0.2, 0) is 4.79 Å². The summed E-state index contributed by atoms with van der Waals surface area (Å²) in [4.78, 5) is 16.3. The van der Waals surface area contributed by atoms with Gasteiger partial charge in [0.1, 0.15) is 0 Å². The average Bonchev–Trinajstić information content (AvgIpc) is 2.58. The molecule has 0 unspecified atom stereocenters. The standard InChI is InChI=1S/C20H31N3O/c1-16-7-3-5-9-18(16)21-20(24)15-22-11-13-23(14-12-22)19-10-6-4-8-17(19)2/h4,6,8,10,16,18H,3,5,7,9,11-15H2,1-2H3,(H,21,24)/p+1/t16-,18+/m0/s1. The molecule has 2 aliphatic rings. The van der Waals surface area contributed by atoms with E-state index in [0.717, 1.165) is 32.6 Å². The number of aryl methyl sites for hydroxylation is 1. The Morgan fingerprint density at radius 2 is 1.92 bits per heavy atom. The second kappa shape index (κ2) is 8.02. The molecule has 1 aromatic carbocycles. The minimum absolute atomic E-state index is 0.244. The van der Waals surface area contributed by atoms with Crippen molar-refractivity contribution in [2.24, 2.45) is 5.92 Å². The zero-order valence-corrected chi connectivity index (χ0v) is 15.2. The Balaban J connectivity index is 1.45. The highest BCUT2D eigenvalue weighted by Gasteiger charge is 2.26. The first-order valence-corrected chi connectivity index (χ1v) is 9.57. The summed E-state index contributed by atoms with van der Waals surface area (Å²) >= 11 is 0. The highest BCUT2D eigenvalue weighted by Crippen LogP contribution is 2.23. The Kier molecular flexibility index (Phi) is 5.77. The zero-order chi connectivity index (χ0) is 16.9. The first-order chi connectivity index (χ1) is 11.6. The molecule has 2 fully saturated rings. The molecule has 1 aromatic rings. The van der Waals surface area contributed by atoms with Crippen molar-refractivity contribution in [2.45, 2.75) is 45.6 Å². The summed E-state index contributed by atoms with van der Waals surface area (Å²) in [5, 5.41) is 3.29. The van der Waals surface area contributed by atoms with Crippen LogP contribution in [0.15, 0.2) is 24.3 Å². The third-order valence-corrected chi connectivity index (χ3v) is 5.80. The summed E-state index contributed by atoms with van der Waals surface area (Å²) in [5.74, 6) is 0.878. The van der Waals surface area contributed by atoms with E-state index in [-0.39, 0.29) is 5.91 Å². The van der Waals surface area contributed by atoms with Crippen LogP contribution in [0.5, 0.6) is 0 Å². The van der Waals surface area contributed by atoms with Crippen molar-refractivity contribution < 1.29 is 9.69 Å². The fourth-order valence-corrected chi connectivity index (χ4v) is 4.17. The molecule has 2 atom stereocenters. The molecule has 0 spiro atoms. The molecular formula is C20H32N3O+. The van der Waals surface area contributed by atoms with Gasteiger partial charge in [0, 0.05) is 11.7 Å². The van der Waals surface area contributed by atoms with Crippen LogP contribution in [-0.4, -0.2) is 44.7 Å². The molecule has 132 valence electrons. The number of rotatable bonds is 4. The number of anilines is 1. The lowest BCUT2D eigenvalue weighted by Gasteiger charge is -2.35. The molecular weight excluding hydrogens is 298 g/mol. The second-order valence-electron chi connectivity index (χ2n) is 7.64. The number of carbonyl (C=O) groups excluding carboxylic acids is 1. The fourth-order valence-electron chi connectivity index (χ4n) is 4.17. The summed E-state index contributed by atoms with van der Waals surface area (Å²) in [5.41, 5.74) is 2.68. The predicted molar refractivity (Wildman–Crippen MR) is 98.5 cm³/mol. The summed E-state index contributed by atoms with van der Waals surface area (Å²) in [7, 11) is 0. The quantitative estimate of drug-likeness (QED) is 0.875. The van der Waals surface area contributed by atoms with Crippen LogP contribution in [0.25, 0.3) is 0 Å². The molecule has 1 saturated heterocycles. The topological polar surface area (TPSA) is 36.8 Å². The third-order valence-electron chi connectivity index (χ3n) is 5.80. The van der Waals surface area contributed by atoms with Crippen molar-refractivity contribution in [1.29, 1.82) is 0 Å². The number of para-hydroxylation sites is 1. The van der Waals surface area contributed by atoms with E-state index in [9.17, 15) is 4.79 Å². The van der Waals surface area contributed by atoms with Gasteiger partial charge >= 0.3 is 0 Å². The minimum Gasteiger partial charge on any atom is -0.360 e. The second-order valence-corrected chi connectivity index (χ2v) is 7.64. The Hall–Kier alpha value is -1.55. The molecule has 1 aliphatic carbocycles. The number of piperazine rings is 1. The summed E-state index contributed by atoms with van der Waals surface area (Å²) in [6.45, 7) is 9.24. The molecule has 24 heavy (non-hydrogen) atoms. The van der Waals surface area contributed by atoms with Crippen LogP contribution in [0.4, 0.5) is 5.69 Å². The maximum atomic E-state index is 12.4. The van der Waals surface area contributed by atoms with E-state index in [1.165, 1.54) is 35.4 Å². The van der Waals surface area contributed by atoms with Crippen molar-refractivity contribution in [3.8, 4) is 0 Å². The molecule has 0 radical (unpaired) electrons. The van der Waals surface area contributed by atoms with Gasteiger partial charge in [-0.3, -0.25) is 4.79 Å². The number of benzene rings is 1. The Labute approximate surface area is 146 Å². The Morgan fingerprint density at radius 1 is 1.21 bits per heavy atom. The number of amides is 1. The van der Waals surface area contributed by atoms with Gasteiger partial charge in [-0.1, -0.05) is 38.0 Å². The van der Waals surface area contributed by atoms with E-state index < -0.39 is 0 Å². The minimum atomic E-state index is 0.244. The van der Waals surface area contributed by atoms with Crippen molar-refractivity contribution in [3.05, 3.63) is 29.8 Å². The summed E-state index contributed by atoms with van der Waals surface area (Å²) < 4.78 is 0. The monoisotopic (exact) mass is 330 g/mol. The van der Waals surface area contributed by atoms with Crippen LogP contribution in [0.3, 0.4) is 0 Å². The number of quaternary nitrogens is 1. The number of hydrogen-bond donors (Lipinski definition) is 2. The lowest BCUT2D eigenvalue weighted by molar-refractivity contribution is -0.892. The van der Waals surface area contributed by atoms with Crippen molar-refractivity contribution in [2.75, 3.05) is 37.6 Å². The van der Waals surface area contributed by atoms with Gasteiger partial charge in [0.25, 0.3) is 5.91 Å². The van der Waals surface area contributed by atoms with Crippen molar-refractivity contribution in [1.82, 2.24) is 5.32 Å². The van der Waals surface area contributed by atoms with Crippen LogP contribution < -0.4 is 15.1 Å². The molecule has 1 amide bonds. The van der Waals surface area contributed by atoms with Gasteiger partial charge in [0.15, 0.2) is 6.54 Å². The zero-order valence-electron chi connectivity index (χ0n) is 15.2. The average molecular weight is 330 g/mol. The smallest absolute Gasteiger partial charge is 0.275 e. The van der Waals surface area contributed by atoms with Gasteiger partial charge in [-0.25, -0.2) is 0 Å². The number of nitrogens with zero attached hydrogens (tertiary/aromatic N) is 1. The highest BCUT2D eigenvalue weighted by atomic mass is 16.2. The predicted octanol–water partition coefficient (Wildman–Crippen LogP) is 1.39. The fraction of sp³-hybridized carbons (Fsp3) is 0.650. The molecule has 2 N–H and O–H groups in total. The van der Waals surface area contributed by atoms with Gasteiger partial charge in [0.05, 0.1) is 26.2 Å². The first-order valence-electron chi connectivity index (χ1n) is 9.57. The van der Waals surface area contributed by atoms with E-state index in [4.69, 9.17) is 0 Å². The largest absolute Gasteiger partial charge is 0.360 e. The molecule has 1 aliphatic heterocycles. The van der Waals surface area contributed by atoms with Crippen LogP contribution >= 0.6 is 0 Å². The van der Waals surface area contributed by atoms with Crippen molar-refractivity contribution >= 4 is 11.6 Å². The van der Waals surface area contributed by atoms with E-state index >= 15 is 0 Å². The molecule has 1 saturated carbocycles. The van der Waals surface area contributed by atoms with E-state index in [1.54, 1.807) is 0 Å². The molecule has 4 heteroatoms. The summed E-state index contributed by atoms with van der Waals surface area (Å²) in [6, 6.07) is 8.99. The van der Waals surface area contributed by atoms with Gasteiger partial charge in [-0.05, 0) is 37.3 Å². The molecule has 1 heterocycles. The Morgan fingerprint density at radius 3 is 2.62 bits per heavy atom. The van der Waals surface area contributed by atoms with E-state index in [1.807, 2.05) is 0 Å². The molecule has 3 rings (SSSR count). The maximum Gasteiger partial charge on any atom is 0.275 e. The van der Waals surface area contributed by atoms with E-state index in [2.05, 4.69) is 48.3 Å². The van der Waals surface area contributed by atoms with Crippen LogP contribution in [0, 0.1) is 12.8 Å². The molecule has 4 nitrogen and oxygen atoms in total. The molecule has 0 bridgehead atoms. The third kappa shape index (κ3) is 4.29. The normalized spacial score (nSPS) is 25.5. The number of carbonyl (C=O) groups is 1. The Bertz CT molecular complexity index is 552. The van der Waals surface area contributed by atoms with Gasteiger partial charge in [-0.15, -0.1) is 0 Å². The number of hydrogen-bond acceptors (Lipinski definition) is 2. The van der Waals surface area contributed by atoms with Crippen LogP contribution in [0.1, 0.15) is 38.2 Å². The summed E-state index contributed by atoms with van der Waals surface area (Å²) in [6.07, 6.45) is 4.99. The molecule has 0 aromatic heterocycles. The van der Waals surface area contributed by atoms with Gasteiger partial charge < -0.3 is 15.1 Å². The van der Waals surface area contributed by atoms with Gasteiger partial charge in [-0.2, -0.15) is 0 Å². The van der Waals surface area contributed by atoms with Gasteiger partial charge in [0.2, 0.25) is 0 Å². The van der Waals surface area contributed by atoms with E-state index in [0.29, 0.717) is 18.5 Å². The van der Waals surface area contributed by atoms with Crippen molar-refractivity contribution in [3.63, 3.8) is 0 Å². The SMILES string of the molecule is Cc1ccccc1N1CC[NH+](CC(=O)N[C@@H]2CCCC[C@@H]2C)CC1. The lowest BCUT2D eigenvalue weighted by Crippen LogP contribution is -3.16. The maximum absolute atomic E-state index is 12.4. The first kappa shape index (κ1) is 17.3. The number of nitrogens with one attached hydrogen (secondary N) is 2. The highest BCUT2D eigenvalue weighted by molar-refractivity contribution is 5.77. The van der Waals surface area contributed by atoms with Crippen LogP contribution in [0.2, 0.25) is 0 Å². The lowest BCUT2D eigenvalue weighted by atomic mass is 9.86.